The van der Waals surface area contributed by atoms with Crippen LogP contribution in [0.25, 0.3) is 0 Å². The van der Waals surface area contributed by atoms with E-state index in [9.17, 15) is 9.59 Å². The molecule has 0 aromatic rings. The molecule has 26 heavy (non-hydrogen) atoms. The Morgan fingerprint density at radius 3 is 2.73 bits per heavy atom. The maximum atomic E-state index is 11.9. The molecule has 0 aromatic heterocycles. The number of hydrogen-bond donors (Lipinski definition) is 2. The van der Waals surface area contributed by atoms with Gasteiger partial charge in [-0.25, -0.2) is 4.99 Å². The number of ether oxygens (including phenoxy) is 1. The molecule has 0 radical (unpaired) electrons. The van der Waals surface area contributed by atoms with Gasteiger partial charge in [-0.15, -0.1) is 0 Å². The Labute approximate surface area is 156 Å². The molecular weight excluding hydrogens is 334 g/mol. The van der Waals surface area contributed by atoms with Gasteiger partial charge in [0.1, 0.15) is 6.54 Å². The Balaban J connectivity index is 1.99. The first kappa shape index (κ1) is 20.5. The molecule has 0 bridgehead atoms. The number of likely N-dealkylation sites (tertiary alicyclic amines) is 1. The van der Waals surface area contributed by atoms with Crippen molar-refractivity contribution in [1.29, 1.82) is 0 Å². The van der Waals surface area contributed by atoms with Crippen LogP contribution < -0.4 is 11.1 Å². The number of nitrogens with two attached hydrogens (primary N) is 1. The molecule has 2 unspecified atom stereocenters. The molecule has 2 rings (SSSR count). The molecular formula is C18H33N5O3. The van der Waals surface area contributed by atoms with Crippen molar-refractivity contribution in [3.05, 3.63) is 0 Å². The summed E-state index contributed by atoms with van der Waals surface area (Å²) in [7, 11) is 3.45. The minimum atomic E-state index is -0.262. The monoisotopic (exact) mass is 367 g/mol. The lowest BCUT2D eigenvalue weighted by atomic mass is 9.95. The Kier molecular flexibility index (Phi) is 8.15. The summed E-state index contributed by atoms with van der Waals surface area (Å²) in [5.41, 5.74) is 5.36. The van der Waals surface area contributed by atoms with Crippen LogP contribution in [0.3, 0.4) is 0 Å². The lowest BCUT2D eigenvalue weighted by Gasteiger charge is -2.35. The van der Waals surface area contributed by atoms with Gasteiger partial charge >= 0.3 is 0 Å². The van der Waals surface area contributed by atoms with Gasteiger partial charge in [0, 0.05) is 46.8 Å². The molecule has 0 spiro atoms. The summed E-state index contributed by atoms with van der Waals surface area (Å²) in [6.45, 7) is 3.20. The van der Waals surface area contributed by atoms with Crippen molar-refractivity contribution in [1.82, 2.24) is 15.1 Å². The van der Waals surface area contributed by atoms with E-state index in [1.807, 2.05) is 0 Å². The van der Waals surface area contributed by atoms with E-state index in [1.54, 1.807) is 14.1 Å². The quantitative estimate of drug-likeness (QED) is 0.515. The molecule has 2 aliphatic heterocycles. The summed E-state index contributed by atoms with van der Waals surface area (Å²) in [5.74, 6) is 0.665. The van der Waals surface area contributed by atoms with E-state index < -0.39 is 0 Å². The Morgan fingerprint density at radius 1 is 1.27 bits per heavy atom. The summed E-state index contributed by atoms with van der Waals surface area (Å²) >= 11 is 0. The number of amides is 2. The van der Waals surface area contributed by atoms with Crippen molar-refractivity contribution in [2.45, 2.75) is 44.6 Å². The normalized spacial score (nSPS) is 24.2. The van der Waals surface area contributed by atoms with Crippen molar-refractivity contribution in [3.63, 3.8) is 0 Å². The fourth-order valence-electron chi connectivity index (χ4n) is 3.43. The van der Waals surface area contributed by atoms with Crippen LogP contribution in [0.2, 0.25) is 0 Å². The Hall–Kier alpha value is -1.83. The van der Waals surface area contributed by atoms with Crippen molar-refractivity contribution >= 4 is 17.8 Å². The standard InChI is InChI=1S/C18H33N5O3/c1-22(2)17(25)12-21-18(20-11-15-7-3-4-9-26-15)23-8-5-6-14(13-23)10-16(19)24/h14-15H,3-13H2,1-2H3,(H2,19,24)(H,20,21). The SMILES string of the molecule is CN(C)C(=O)CN=C(NCC1CCCCO1)N1CCCC(CC(N)=O)C1. The second kappa shape index (κ2) is 10.4. The number of hydrogen-bond acceptors (Lipinski definition) is 4. The summed E-state index contributed by atoms with van der Waals surface area (Å²) in [6.07, 6.45) is 5.91. The molecule has 0 aromatic carbocycles. The lowest BCUT2D eigenvalue weighted by Crippen LogP contribution is -2.49. The maximum absolute atomic E-state index is 11.9. The number of rotatable bonds is 6. The molecule has 148 valence electrons. The van der Waals surface area contributed by atoms with E-state index in [4.69, 9.17) is 10.5 Å². The third-order valence-corrected chi connectivity index (χ3v) is 4.93. The molecule has 2 heterocycles. The van der Waals surface area contributed by atoms with Crippen molar-refractivity contribution < 1.29 is 14.3 Å². The molecule has 2 amide bonds. The average molecular weight is 367 g/mol. The van der Waals surface area contributed by atoms with Crippen molar-refractivity contribution in [2.75, 3.05) is 46.9 Å². The van der Waals surface area contributed by atoms with Crippen LogP contribution in [-0.2, 0) is 14.3 Å². The van der Waals surface area contributed by atoms with Crippen LogP contribution in [0.5, 0.6) is 0 Å². The van der Waals surface area contributed by atoms with Crippen LogP contribution in [0.15, 0.2) is 4.99 Å². The third-order valence-electron chi connectivity index (χ3n) is 4.93. The van der Waals surface area contributed by atoms with E-state index in [2.05, 4.69) is 15.2 Å². The Bertz CT molecular complexity index is 503. The van der Waals surface area contributed by atoms with Gasteiger partial charge in [0.05, 0.1) is 6.10 Å². The predicted molar refractivity (Wildman–Crippen MR) is 101 cm³/mol. The summed E-state index contributed by atoms with van der Waals surface area (Å²) in [5, 5.41) is 3.39. The Morgan fingerprint density at radius 2 is 2.08 bits per heavy atom. The second-order valence-corrected chi connectivity index (χ2v) is 7.42. The molecule has 2 atom stereocenters. The number of aliphatic imine (C=N–C) groups is 1. The zero-order valence-corrected chi connectivity index (χ0v) is 16.1. The van der Waals surface area contributed by atoms with E-state index in [0.29, 0.717) is 13.0 Å². The number of nitrogens with one attached hydrogen (secondary N) is 1. The summed E-state index contributed by atoms with van der Waals surface area (Å²) in [6, 6.07) is 0. The zero-order valence-electron chi connectivity index (χ0n) is 16.1. The van der Waals surface area contributed by atoms with E-state index in [0.717, 1.165) is 51.3 Å². The molecule has 2 aliphatic rings. The van der Waals surface area contributed by atoms with Gasteiger partial charge in [-0.3, -0.25) is 9.59 Å². The summed E-state index contributed by atoms with van der Waals surface area (Å²) in [4.78, 5) is 31.4. The first-order valence-electron chi connectivity index (χ1n) is 9.59. The second-order valence-electron chi connectivity index (χ2n) is 7.42. The molecule has 2 fully saturated rings. The van der Waals surface area contributed by atoms with Gasteiger partial charge in [0.25, 0.3) is 0 Å². The van der Waals surface area contributed by atoms with E-state index >= 15 is 0 Å². The highest BCUT2D eigenvalue weighted by atomic mass is 16.5. The van der Waals surface area contributed by atoms with E-state index in [1.165, 1.54) is 11.3 Å². The average Bonchev–Trinajstić information content (AvgIpc) is 2.62. The third kappa shape index (κ3) is 6.82. The number of likely N-dealkylation sites (N-methyl/N-ethyl adjacent to an activating group) is 1. The number of carbonyl (C=O) groups is 2. The number of carbonyl (C=O) groups excluding carboxylic acids is 2. The van der Waals surface area contributed by atoms with Gasteiger partial charge < -0.3 is 25.6 Å². The van der Waals surface area contributed by atoms with Gasteiger partial charge in [-0.2, -0.15) is 0 Å². The van der Waals surface area contributed by atoms with Crippen LogP contribution >= 0.6 is 0 Å². The van der Waals surface area contributed by atoms with Crippen LogP contribution in [0, 0.1) is 5.92 Å². The van der Waals surface area contributed by atoms with Crippen LogP contribution in [0.4, 0.5) is 0 Å². The number of primary amides is 1. The first-order chi connectivity index (χ1) is 12.5. The van der Waals surface area contributed by atoms with Crippen LogP contribution in [-0.4, -0.2) is 80.6 Å². The fraction of sp³-hybridized carbons (Fsp3) is 0.833. The highest BCUT2D eigenvalue weighted by Gasteiger charge is 2.25. The number of nitrogens with zero attached hydrogens (tertiary/aromatic N) is 3. The molecule has 3 N–H and O–H groups in total. The maximum Gasteiger partial charge on any atom is 0.243 e. The zero-order chi connectivity index (χ0) is 18.9. The van der Waals surface area contributed by atoms with Gasteiger partial charge in [0.2, 0.25) is 11.8 Å². The molecule has 8 nitrogen and oxygen atoms in total. The van der Waals surface area contributed by atoms with Gasteiger partial charge in [-0.1, -0.05) is 0 Å². The van der Waals surface area contributed by atoms with Gasteiger partial charge in [0.15, 0.2) is 5.96 Å². The van der Waals surface area contributed by atoms with Gasteiger partial charge in [-0.05, 0) is 38.0 Å². The van der Waals surface area contributed by atoms with Crippen molar-refractivity contribution in [2.24, 2.45) is 16.6 Å². The minimum Gasteiger partial charge on any atom is -0.376 e. The molecule has 8 heteroatoms. The summed E-state index contributed by atoms with van der Waals surface area (Å²) < 4.78 is 5.78. The highest BCUT2D eigenvalue weighted by Crippen LogP contribution is 2.19. The lowest BCUT2D eigenvalue weighted by molar-refractivity contribution is -0.127. The highest BCUT2D eigenvalue weighted by molar-refractivity contribution is 5.85. The first-order valence-corrected chi connectivity index (χ1v) is 9.59. The van der Waals surface area contributed by atoms with E-state index in [-0.39, 0.29) is 30.4 Å². The van der Waals surface area contributed by atoms with Crippen molar-refractivity contribution in [3.8, 4) is 0 Å². The largest absolute Gasteiger partial charge is 0.376 e. The molecule has 2 saturated heterocycles. The van der Waals surface area contributed by atoms with Crippen LogP contribution in [0.1, 0.15) is 38.5 Å². The fourth-order valence-corrected chi connectivity index (χ4v) is 3.43. The topological polar surface area (TPSA) is 100 Å². The number of guanidine groups is 1. The smallest absolute Gasteiger partial charge is 0.243 e. The molecule has 0 aliphatic carbocycles. The predicted octanol–water partition coefficient (Wildman–Crippen LogP) is 0.177. The molecule has 0 saturated carbocycles. The number of piperidine rings is 1. The minimum absolute atomic E-state index is 0.0380.